The third-order valence-corrected chi connectivity index (χ3v) is 4.91. The van der Waals surface area contributed by atoms with E-state index in [1.165, 1.54) is 7.11 Å². The Kier molecular flexibility index (Phi) is 7.13. The molecule has 6 heteroatoms. The number of fused-ring (bicyclic) bond motifs is 1. The first-order valence-electron chi connectivity index (χ1n) is 9.22. The van der Waals surface area contributed by atoms with Gasteiger partial charge < -0.3 is 14.2 Å². The molecular formula is C21H28O6. The van der Waals surface area contributed by atoms with E-state index in [4.69, 9.17) is 14.2 Å². The summed E-state index contributed by atoms with van der Waals surface area (Å²) in [7, 11) is 1.53. The summed E-state index contributed by atoms with van der Waals surface area (Å²) in [5.74, 6) is -1.16. The second-order valence-electron chi connectivity index (χ2n) is 7.50. The van der Waals surface area contributed by atoms with E-state index < -0.39 is 24.1 Å². The smallest absolute Gasteiger partial charge is 0.334 e. The maximum Gasteiger partial charge on any atom is 0.334 e. The van der Waals surface area contributed by atoms with E-state index in [2.05, 4.69) is 13.2 Å². The molecule has 0 aromatic heterocycles. The van der Waals surface area contributed by atoms with Crippen molar-refractivity contribution < 1.29 is 28.6 Å². The van der Waals surface area contributed by atoms with E-state index in [0.717, 1.165) is 5.57 Å². The molecule has 0 bridgehead atoms. The molecule has 0 aromatic rings. The molecule has 0 radical (unpaired) electrons. The lowest BCUT2D eigenvalue weighted by Crippen LogP contribution is -2.26. The van der Waals surface area contributed by atoms with E-state index in [-0.39, 0.29) is 36.3 Å². The first-order valence-corrected chi connectivity index (χ1v) is 9.22. The fraction of sp³-hybridized carbons (Fsp3) is 0.571. The van der Waals surface area contributed by atoms with Crippen molar-refractivity contribution in [2.24, 2.45) is 11.8 Å². The van der Waals surface area contributed by atoms with Crippen LogP contribution in [0.4, 0.5) is 0 Å². The third kappa shape index (κ3) is 5.39. The number of carbonyl (C=O) groups is 3. The molecule has 3 atom stereocenters. The summed E-state index contributed by atoms with van der Waals surface area (Å²) in [6, 6.07) is 0. The molecule has 1 aliphatic heterocycles. The maximum absolute atomic E-state index is 12.5. The van der Waals surface area contributed by atoms with Crippen molar-refractivity contribution in [2.75, 3.05) is 13.7 Å². The van der Waals surface area contributed by atoms with Crippen LogP contribution in [0.15, 0.2) is 36.0 Å². The van der Waals surface area contributed by atoms with Crippen molar-refractivity contribution in [3.05, 3.63) is 36.0 Å². The first kappa shape index (κ1) is 21.1. The number of Topliss-reactive ketones (excluding diaryl/α,β-unsaturated/α-hetero) is 1. The van der Waals surface area contributed by atoms with Crippen LogP contribution in [0.3, 0.4) is 0 Å². The Labute approximate surface area is 160 Å². The molecule has 0 aromatic carbocycles. The summed E-state index contributed by atoms with van der Waals surface area (Å²) in [4.78, 5) is 36.4. The van der Waals surface area contributed by atoms with Gasteiger partial charge in [0.15, 0.2) is 5.78 Å². The molecule has 0 N–H and O–H groups in total. The van der Waals surface area contributed by atoms with E-state index in [1.54, 1.807) is 6.08 Å². The van der Waals surface area contributed by atoms with Crippen molar-refractivity contribution in [1.29, 1.82) is 0 Å². The Bertz CT molecular complexity index is 672. The predicted molar refractivity (Wildman–Crippen MR) is 99.8 cm³/mol. The number of ketones is 1. The van der Waals surface area contributed by atoms with E-state index in [9.17, 15) is 14.4 Å². The molecule has 2 aliphatic rings. The van der Waals surface area contributed by atoms with Crippen LogP contribution in [0.1, 0.15) is 39.5 Å². The highest BCUT2D eigenvalue weighted by Gasteiger charge is 2.40. The number of hydrogen-bond acceptors (Lipinski definition) is 6. The normalized spacial score (nSPS) is 28.4. The molecule has 1 heterocycles. The molecule has 0 unspecified atom stereocenters. The maximum atomic E-state index is 12.5. The zero-order valence-corrected chi connectivity index (χ0v) is 16.3. The molecular weight excluding hydrogens is 348 g/mol. The van der Waals surface area contributed by atoms with Gasteiger partial charge in [-0.15, -0.1) is 0 Å². The highest BCUT2D eigenvalue weighted by Crippen LogP contribution is 2.34. The quantitative estimate of drug-likeness (QED) is 0.417. The number of esters is 2. The van der Waals surface area contributed by atoms with Crippen molar-refractivity contribution in [3.63, 3.8) is 0 Å². The fourth-order valence-corrected chi connectivity index (χ4v) is 3.28. The molecule has 27 heavy (non-hydrogen) atoms. The number of carbonyl (C=O) groups excluding carboxylic acids is 3. The van der Waals surface area contributed by atoms with Crippen LogP contribution in [-0.4, -0.2) is 43.6 Å². The Hall–Kier alpha value is -2.21. The van der Waals surface area contributed by atoms with Gasteiger partial charge in [0.2, 0.25) is 0 Å². The fourth-order valence-electron chi connectivity index (χ4n) is 3.28. The number of rotatable bonds is 5. The van der Waals surface area contributed by atoms with E-state index in [0.29, 0.717) is 24.8 Å². The highest BCUT2D eigenvalue weighted by molar-refractivity contribution is 5.98. The van der Waals surface area contributed by atoms with Gasteiger partial charge in [0.1, 0.15) is 12.7 Å². The van der Waals surface area contributed by atoms with Crippen LogP contribution in [0.25, 0.3) is 0 Å². The second-order valence-corrected chi connectivity index (χ2v) is 7.50. The predicted octanol–water partition coefficient (Wildman–Crippen LogP) is 2.92. The lowest BCUT2D eigenvalue weighted by atomic mass is 9.85. The average molecular weight is 376 g/mol. The topological polar surface area (TPSA) is 78.9 Å². The monoisotopic (exact) mass is 376 g/mol. The minimum absolute atomic E-state index is 0.0881. The summed E-state index contributed by atoms with van der Waals surface area (Å²) in [5, 5.41) is 0. The van der Waals surface area contributed by atoms with Gasteiger partial charge in [-0.2, -0.15) is 0 Å². The second kappa shape index (κ2) is 9.13. The van der Waals surface area contributed by atoms with Crippen LogP contribution in [0.2, 0.25) is 0 Å². The van der Waals surface area contributed by atoms with Crippen molar-refractivity contribution in [1.82, 2.24) is 0 Å². The number of hydrogen-bond donors (Lipinski definition) is 0. The molecule has 1 saturated heterocycles. The molecule has 0 spiro atoms. The van der Waals surface area contributed by atoms with Gasteiger partial charge in [-0.3, -0.25) is 9.59 Å². The minimum atomic E-state index is -0.584. The van der Waals surface area contributed by atoms with E-state index in [1.807, 2.05) is 13.8 Å². The van der Waals surface area contributed by atoms with Crippen LogP contribution in [-0.2, 0) is 28.6 Å². The van der Waals surface area contributed by atoms with Gasteiger partial charge in [0.25, 0.3) is 0 Å². The molecule has 1 fully saturated rings. The van der Waals surface area contributed by atoms with Gasteiger partial charge in [-0.25, -0.2) is 4.79 Å². The summed E-state index contributed by atoms with van der Waals surface area (Å²) in [5.41, 5.74) is 1.48. The lowest BCUT2D eigenvalue weighted by molar-refractivity contribution is -0.143. The lowest BCUT2D eigenvalue weighted by Gasteiger charge is -2.23. The zero-order chi connectivity index (χ0) is 20.1. The average Bonchev–Trinajstić information content (AvgIpc) is 2.86. The van der Waals surface area contributed by atoms with E-state index >= 15 is 0 Å². The van der Waals surface area contributed by atoms with Crippen LogP contribution in [0, 0.1) is 11.8 Å². The van der Waals surface area contributed by atoms with Crippen LogP contribution >= 0.6 is 0 Å². The minimum Gasteiger partial charge on any atom is -0.461 e. The Morgan fingerprint density at radius 2 is 2.00 bits per heavy atom. The van der Waals surface area contributed by atoms with Crippen LogP contribution in [0.5, 0.6) is 0 Å². The summed E-state index contributed by atoms with van der Waals surface area (Å²) in [6.07, 6.45) is 2.28. The molecule has 0 saturated carbocycles. The van der Waals surface area contributed by atoms with Gasteiger partial charge in [0.05, 0.1) is 6.10 Å². The Morgan fingerprint density at radius 3 is 2.63 bits per heavy atom. The van der Waals surface area contributed by atoms with Crippen LogP contribution < -0.4 is 0 Å². The summed E-state index contributed by atoms with van der Waals surface area (Å²) >= 11 is 0. The Balaban J connectivity index is 2.23. The van der Waals surface area contributed by atoms with Crippen molar-refractivity contribution >= 4 is 17.7 Å². The molecule has 6 nitrogen and oxygen atoms in total. The SMILES string of the molecule is C=C1C(=O)C[C@H]2C(=C)C(=O)O[C@@H]2/C=C(\COC(=O)CC(C)C)CC[C@@H]1OC. The van der Waals surface area contributed by atoms with Gasteiger partial charge >= 0.3 is 11.9 Å². The van der Waals surface area contributed by atoms with Crippen molar-refractivity contribution in [2.45, 2.75) is 51.7 Å². The molecule has 2 rings (SSSR count). The number of ether oxygens (including phenoxy) is 3. The molecule has 148 valence electrons. The molecule has 1 aliphatic carbocycles. The summed E-state index contributed by atoms with van der Waals surface area (Å²) < 4.78 is 16.2. The third-order valence-electron chi connectivity index (χ3n) is 4.91. The highest BCUT2D eigenvalue weighted by atomic mass is 16.6. The largest absolute Gasteiger partial charge is 0.461 e. The zero-order valence-electron chi connectivity index (χ0n) is 16.3. The molecule has 0 amide bonds. The van der Waals surface area contributed by atoms with Gasteiger partial charge in [0, 0.05) is 37.0 Å². The first-order chi connectivity index (χ1) is 12.7. The summed E-state index contributed by atoms with van der Waals surface area (Å²) in [6.45, 7) is 11.7. The Morgan fingerprint density at radius 1 is 1.30 bits per heavy atom. The number of methoxy groups -OCH3 is 1. The van der Waals surface area contributed by atoms with Gasteiger partial charge in [-0.1, -0.05) is 27.0 Å². The van der Waals surface area contributed by atoms with Crippen molar-refractivity contribution in [3.8, 4) is 0 Å². The van der Waals surface area contributed by atoms with Gasteiger partial charge in [-0.05, 0) is 30.4 Å². The standard InChI is InChI=1S/C21H28O6/c1-12(2)8-20(23)26-11-15-6-7-18(25-5)14(4)17(22)10-16-13(3)21(24)27-19(16)9-15/h9,12,16,18-19H,3-4,6-8,10-11H2,1-2,5H3/b15-9-/t16-,18-,19+/m0/s1.